The van der Waals surface area contributed by atoms with Crippen LogP contribution < -0.4 is 14.8 Å². The Labute approximate surface area is 132 Å². The third kappa shape index (κ3) is 3.78. The van der Waals surface area contributed by atoms with E-state index < -0.39 is 10.0 Å². The lowest BCUT2D eigenvalue weighted by Crippen LogP contribution is -2.52. The molecule has 1 saturated heterocycles. The van der Waals surface area contributed by atoms with Crippen LogP contribution in [-0.2, 0) is 14.8 Å². The molecule has 2 rings (SSSR count). The molecule has 1 unspecified atom stereocenters. The van der Waals surface area contributed by atoms with Gasteiger partial charge in [-0.25, -0.2) is 13.1 Å². The Balaban J connectivity index is 2.12. The Morgan fingerprint density at radius 1 is 1.36 bits per heavy atom. The van der Waals surface area contributed by atoms with E-state index in [2.05, 4.69) is 10.0 Å². The van der Waals surface area contributed by atoms with Gasteiger partial charge in [-0.2, -0.15) is 0 Å². The maximum Gasteiger partial charge on any atom is 0.240 e. The normalized spacial score (nSPS) is 22.0. The molecule has 1 aliphatic rings. The van der Waals surface area contributed by atoms with Gasteiger partial charge >= 0.3 is 0 Å². The van der Waals surface area contributed by atoms with Crippen molar-refractivity contribution in [3.8, 4) is 5.75 Å². The number of hydrogen-bond donors (Lipinski definition) is 2. The summed E-state index contributed by atoms with van der Waals surface area (Å²) >= 11 is 0. The molecule has 6 nitrogen and oxygen atoms in total. The van der Waals surface area contributed by atoms with Crippen LogP contribution >= 0.6 is 0 Å². The molecule has 1 atom stereocenters. The highest BCUT2D eigenvalue weighted by atomic mass is 32.2. The molecule has 0 saturated carbocycles. The van der Waals surface area contributed by atoms with E-state index in [0.29, 0.717) is 18.9 Å². The van der Waals surface area contributed by atoms with Crippen LogP contribution in [0, 0.1) is 6.92 Å². The zero-order valence-corrected chi connectivity index (χ0v) is 14.1. The summed E-state index contributed by atoms with van der Waals surface area (Å²) in [6, 6.07) is 4.84. The van der Waals surface area contributed by atoms with Crippen molar-refractivity contribution in [2.75, 3.05) is 33.9 Å². The molecule has 124 valence electrons. The number of sulfonamides is 1. The molecule has 0 bridgehead atoms. The lowest BCUT2D eigenvalue weighted by atomic mass is 9.99. The predicted molar refractivity (Wildman–Crippen MR) is 84.8 cm³/mol. The molecule has 1 aliphatic heterocycles. The first kappa shape index (κ1) is 17.2. The molecule has 22 heavy (non-hydrogen) atoms. The maximum absolute atomic E-state index is 12.5. The summed E-state index contributed by atoms with van der Waals surface area (Å²) in [7, 11) is -0.360. The minimum absolute atomic E-state index is 0.247. The summed E-state index contributed by atoms with van der Waals surface area (Å²) in [5, 5.41) is 3.35. The molecule has 0 aliphatic carbocycles. The van der Waals surface area contributed by atoms with Crippen molar-refractivity contribution in [1.82, 2.24) is 10.0 Å². The van der Waals surface area contributed by atoms with Gasteiger partial charge in [-0.1, -0.05) is 0 Å². The fraction of sp³-hybridized carbons (Fsp3) is 0.600. The minimum atomic E-state index is -3.55. The number of methoxy groups -OCH3 is 2. The van der Waals surface area contributed by atoms with Crippen LogP contribution in [0.25, 0.3) is 0 Å². The average molecular weight is 328 g/mol. The van der Waals surface area contributed by atoms with Gasteiger partial charge in [-0.15, -0.1) is 0 Å². The van der Waals surface area contributed by atoms with Gasteiger partial charge < -0.3 is 14.8 Å². The number of aryl methyl sites for hydroxylation is 1. The van der Waals surface area contributed by atoms with E-state index in [1.165, 1.54) is 0 Å². The Morgan fingerprint density at radius 2 is 2.14 bits per heavy atom. The van der Waals surface area contributed by atoms with Gasteiger partial charge in [0.1, 0.15) is 5.75 Å². The standard InChI is InChI=1S/C15H24N2O4S/c1-12-9-13(5-6-14(12)21-3)22(18,19)17-10-15(11-20-2)7-4-8-16-15/h5-6,9,16-17H,4,7-8,10-11H2,1-3H3. The summed E-state index contributed by atoms with van der Waals surface area (Å²) in [6.07, 6.45) is 1.91. The number of rotatable bonds is 7. The topological polar surface area (TPSA) is 76.7 Å². The number of ether oxygens (including phenoxy) is 2. The lowest BCUT2D eigenvalue weighted by Gasteiger charge is -2.28. The van der Waals surface area contributed by atoms with Crippen LogP contribution in [0.15, 0.2) is 23.1 Å². The number of benzene rings is 1. The summed E-state index contributed by atoms with van der Waals surface area (Å²) in [5.41, 5.74) is 0.472. The van der Waals surface area contributed by atoms with Crippen molar-refractivity contribution in [2.45, 2.75) is 30.2 Å². The lowest BCUT2D eigenvalue weighted by molar-refractivity contribution is 0.122. The number of nitrogens with one attached hydrogen (secondary N) is 2. The average Bonchev–Trinajstić information content (AvgIpc) is 2.95. The van der Waals surface area contributed by atoms with E-state index in [9.17, 15) is 8.42 Å². The van der Waals surface area contributed by atoms with Crippen LogP contribution in [0.5, 0.6) is 5.75 Å². The van der Waals surface area contributed by atoms with Crippen molar-refractivity contribution in [1.29, 1.82) is 0 Å². The third-order valence-corrected chi connectivity index (χ3v) is 5.43. The molecule has 1 fully saturated rings. The Morgan fingerprint density at radius 3 is 2.68 bits per heavy atom. The fourth-order valence-corrected chi connectivity index (χ4v) is 4.02. The molecule has 1 aromatic rings. The highest BCUT2D eigenvalue weighted by molar-refractivity contribution is 7.89. The van der Waals surface area contributed by atoms with E-state index in [1.807, 2.05) is 6.92 Å². The Bertz CT molecular complexity index is 610. The highest BCUT2D eigenvalue weighted by Gasteiger charge is 2.34. The van der Waals surface area contributed by atoms with Gasteiger partial charge in [0.15, 0.2) is 0 Å². The summed E-state index contributed by atoms with van der Waals surface area (Å²) in [4.78, 5) is 0.247. The van der Waals surface area contributed by atoms with Crippen molar-refractivity contribution >= 4 is 10.0 Å². The third-order valence-electron chi connectivity index (χ3n) is 4.03. The van der Waals surface area contributed by atoms with E-state index in [-0.39, 0.29) is 10.4 Å². The largest absolute Gasteiger partial charge is 0.496 e. The van der Waals surface area contributed by atoms with Gasteiger partial charge in [0.2, 0.25) is 10.0 Å². The fourth-order valence-electron chi connectivity index (χ4n) is 2.80. The first-order valence-corrected chi connectivity index (χ1v) is 8.79. The number of hydrogen-bond acceptors (Lipinski definition) is 5. The van der Waals surface area contributed by atoms with E-state index in [1.54, 1.807) is 32.4 Å². The van der Waals surface area contributed by atoms with E-state index in [0.717, 1.165) is 24.9 Å². The van der Waals surface area contributed by atoms with Crippen LogP contribution in [-0.4, -0.2) is 47.9 Å². The predicted octanol–water partition coefficient (Wildman–Crippen LogP) is 1.05. The van der Waals surface area contributed by atoms with Crippen molar-refractivity contribution < 1.29 is 17.9 Å². The first-order valence-electron chi connectivity index (χ1n) is 7.31. The van der Waals surface area contributed by atoms with Gasteiger partial charge in [-0.3, -0.25) is 0 Å². The van der Waals surface area contributed by atoms with Crippen LogP contribution in [0.3, 0.4) is 0 Å². The molecular formula is C15H24N2O4S. The molecule has 0 spiro atoms. The zero-order chi connectivity index (χ0) is 16.2. The van der Waals surface area contributed by atoms with Gasteiger partial charge in [0.25, 0.3) is 0 Å². The Kier molecular flexibility index (Phi) is 5.44. The second-order valence-corrected chi connectivity index (χ2v) is 7.47. The van der Waals surface area contributed by atoms with Gasteiger partial charge in [-0.05, 0) is 50.1 Å². The summed E-state index contributed by atoms with van der Waals surface area (Å²) in [5.74, 6) is 0.673. The first-order chi connectivity index (χ1) is 10.4. The molecule has 0 amide bonds. The van der Waals surface area contributed by atoms with Crippen LogP contribution in [0.2, 0.25) is 0 Å². The Hall–Kier alpha value is -1.15. The van der Waals surface area contributed by atoms with Crippen LogP contribution in [0.4, 0.5) is 0 Å². The van der Waals surface area contributed by atoms with E-state index >= 15 is 0 Å². The molecule has 0 aromatic heterocycles. The molecule has 2 N–H and O–H groups in total. The second-order valence-electron chi connectivity index (χ2n) is 5.70. The summed E-state index contributed by atoms with van der Waals surface area (Å²) in [6.45, 7) is 3.50. The smallest absolute Gasteiger partial charge is 0.240 e. The minimum Gasteiger partial charge on any atom is -0.496 e. The van der Waals surface area contributed by atoms with Crippen molar-refractivity contribution in [2.24, 2.45) is 0 Å². The monoisotopic (exact) mass is 328 g/mol. The molecule has 7 heteroatoms. The van der Waals surface area contributed by atoms with E-state index in [4.69, 9.17) is 9.47 Å². The molecule has 1 heterocycles. The van der Waals surface area contributed by atoms with Gasteiger partial charge in [0, 0.05) is 13.7 Å². The second kappa shape index (κ2) is 6.95. The van der Waals surface area contributed by atoms with Crippen molar-refractivity contribution in [3.05, 3.63) is 23.8 Å². The SMILES string of the molecule is COCC1(CNS(=O)(=O)c2ccc(OC)c(C)c2)CCCN1. The van der Waals surface area contributed by atoms with Crippen LogP contribution in [0.1, 0.15) is 18.4 Å². The molecular weight excluding hydrogens is 304 g/mol. The molecule has 0 radical (unpaired) electrons. The highest BCUT2D eigenvalue weighted by Crippen LogP contribution is 2.23. The van der Waals surface area contributed by atoms with Crippen molar-refractivity contribution in [3.63, 3.8) is 0 Å². The molecule has 1 aromatic carbocycles. The van der Waals surface area contributed by atoms with Gasteiger partial charge in [0.05, 0.1) is 24.2 Å². The quantitative estimate of drug-likeness (QED) is 0.782. The maximum atomic E-state index is 12.5. The zero-order valence-electron chi connectivity index (χ0n) is 13.3. The summed E-state index contributed by atoms with van der Waals surface area (Å²) < 4.78 is 38.0.